The van der Waals surface area contributed by atoms with E-state index in [0.29, 0.717) is 15.8 Å². The fourth-order valence-corrected chi connectivity index (χ4v) is 3.75. The molecule has 0 aliphatic rings. The van der Waals surface area contributed by atoms with Crippen LogP contribution in [-0.4, -0.2) is 32.4 Å². The molecule has 1 atom stereocenters. The lowest BCUT2D eigenvalue weighted by atomic mass is 10.1. The third-order valence-corrected chi connectivity index (χ3v) is 5.82. The summed E-state index contributed by atoms with van der Waals surface area (Å²) < 4.78 is 28.2. The van der Waals surface area contributed by atoms with E-state index in [1.165, 1.54) is 6.26 Å². The molecule has 0 bridgehead atoms. The van der Waals surface area contributed by atoms with Crippen LogP contribution < -0.4 is 10.6 Å². The second-order valence-corrected chi connectivity index (χ2v) is 9.15. The van der Waals surface area contributed by atoms with Gasteiger partial charge in [0.15, 0.2) is 14.9 Å². The van der Waals surface area contributed by atoms with E-state index in [4.69, 9.17) is 28.6 Å². The van der Waals surface area contributed by atoms with E-state index in [2.05, 4.69) is 10.6 Å². The highest BCUT2D eigenvalue weighted by Gasteiger charge is 2.15. The first-order valence-electron chi connectivity index (χ1n) is 8.99. The van der Waals surface area contributed by atoms with Crippen molar-refractivity contribution in [2.24, 2.45) is 0 Å². The van der Waals surface area contributed by atoms with E-state index in [-0.39, 0.29) is 23.1 Å². The Morgan fingerprint density at radius 3 is 2.38 bits per heavy atom. The molecule has 0 saturated heterocycles. The first-order chi connectivity index (χ1) is 13.7. The highest BCUT2D eigenvalue weighted by Crippen LogP contribution is 2.23. The summed E-state index contributed by atoms with van der Waals surface area (Å²) >= 11 is 11.5. The summed E-state index contributed by atoms with van der Waals surface area (Å²) in [4.78, 5) is 12.3. The predicted octanol–water partition coefficient (Wildman–Crippen LogP) is 4.36. The van der Waals surface area contributed by atoms with Crippen LogP contribution in [0.25, 0.3) is 0 Å². The van der Waals surface area contributed by atoms with Crippen LogP contribution in [0.15, 0.2) is 47.4 Å². The maximum atomic E-state index is 12.0. The highest BCUT2D eigenvalue weighted by molar-refractivity contribution is 7.90. The van der Waals surface area contributed by atoms with Crippen LogP contribution in [0.5, 0.6) is 0 Å². The van der Waals surface area contributed by atoms with Crippen LogP contribution in [0, 0.1) is 0 Å². The Balaban J connectivity index is 2.11. The van der Waals surface area contributed by atoms with E-state index in [0.717, 1.165) is 12.0 Å². The number of carbonyl (C=O) groups excluding carboxylic acids is 1. The number of hydrogen-bond acceptors (Lipinski definition) is 5. The molecule has 2 aromatic rings. The normalized spacial score (nSPS) is 12.1. The van der Waals surface area contributed by atoms with Crippen LogP contribution in [0.2, 0.25) is 5.02 Å². The molecule has 2 N–H and O–H groups in total. The molecule has 0 spiro atoms. The number of carbonyl (C=O) groups is 1. The molecule has 6 nitrogen and oxygen atoms in total. The van der Waals surface area contributed by atoms with Crippen molar-refractivity contribution in [2.75, 3.05) is 18.2 Å². The van der Waals surface area contributed by atoms with Gasteiger partial charge in [0.25, 0.3) is 0 Å². The Bertz CT molecular complexity index is 992. The highest BCUT2D eigenvalue weighted by atomic mass is 35.5. The molecule has 0 unspecified atom stereocenters. The number of nitrogens with one attached hydrogen (secondary N) is 2. The molecular formula is C20H23ClN2O4S2. The molecule has 9 heteroatoms. The molecule has 0 aliphatic carbocycles. The zero-order valence-corrected chi connectivity index (χ0v) is 18.7. The smallest absolute Gasteiger partial charge is 0.339 e. The molecular weight excluding hydrogens is 432 g/mol. The third kappa shape index (κ3) is 6.42. The maximum Gasteiger partial charge on any atom is 0.339 e. The molecule has 29 heavy (non-hydrogen) atoms. The number of anilines is 1. The minimum absolute atomic E-state index is 0.111. The number of ether oxygens (including phenoxy) is 1. The van der Waals surface area contributed by atoms with E-state index in [1.54, 1.807) is 49.4 Å². The maximum absolute atomic E-state index is 12.0. The van der Waals surface area contributed by atoms with Crippen molar-refractivity contribution in [3.05, 3.63) is 58.6 Å². The summed E-state index contributed by atoms with van der Waals surface area (Å²) in [5.74, 6) is -0.502. The lowest BCUT2D eigenvalue weighted by Crippen LogP contribution is -2.32. The van der Waals surface area contributed by atoms with E-state index in [1.807, 2.05) is 6.92 Å². The van der Waals surface area contributed by atoms with Crippen LogP contribution >= 0.6 is 23.8 Å². The molecule has 0 aliphatic heterocycles. The average Bonchev–Trinajstić information content (AvgIpc) is 2.67. The first kappa shape index (κ1) is 23.1. The van der Waals surface area contributed by atoms with Gasteiger partial charge in [-0.1, -0.05) is 30.7 Å². The van der Waals surface area contributed by atoms with Gasteiger partial charge in [0, 0.05) is 11.9 Å². The number of benzene rings is 2. The van der Waals surface area contributed by atoms with E-state index >= 15 is 0 Å². The topological polar surface area (TPSA) is 84.5 Å². The molecule has 156 valence electrons. The van der Waals surface area contributed by atoms with Gasteiger partial charge < -0.3 is 15.4 Å². The molecule has 0 aromatic heterocycles. The Morgan fingerprint density at radius 2 is 1.83 bits per heavy atom. The van der Waals surface area contributed by atoms with Gasteiger partial charge in [0.1, 0.15) is 0 Å². The van der Waals surface area contributed by atoms with Crippen LogP contribution in [0.1, 0.15) is 42.2 Å². The molecule has 2 aromatic carbocycles. The Morgan fingerprint density at radius 1 is 1.17 bits per heavy atom. The third-order valence-electron chi connectivity index (χ3n) is 4.14. The quantitative estimate of drug-likeness (QED) is 0.475. The summed E-state index contributed by atoms with van der Waals surface area (Å²) in [6.07, 6.45) is 1.90. The first-order valence-corrected chi connectivity index (χ1v) is 11.7. The second-order valence-electron chi connectivity index (χ2n) is 6.32. The van der Waals surface area contributed by atoms with Gasteiger partial charge in [0.05, 0.1) is 28.1 Å². The van der Waals surface area contributed by atoms with Crippen molar-refractivity contribution in [1.29, 1.82) is 0 Å². The van der Waals surface area contributed by atoms with Gasteiger partial charge in [-0.2, -0.15) is 0 Å². The summed E-state index contributed by atoms with van der Waals surface area (Å²) in [5, 5.41) is 6.89. The molecule has 0 radical (unpaired) electrons. The molecule has 0 amide bonds. The van der Waals surface area contributed by atoms with Crippen molar-refractivity contribution >= 4 is 50.4 Å². The summed E-state index contributed by atoms with van der Waals surface area (Å²) in [5.41, 5.74) is 1.76. The standard InChI is InChI=1S/C20H23ClN2O4S2/c1-4-18(13-6-9-15(10-7-13)29(3,25)26)23-20(28)22-14-8-11-17(21)16(12-14)19(24)27-5-2/h6-12,18H,4-5H2,1-3H3,(H2,22,23,28)/t18-/m0/s1. The number of hydrogen-bond donors (Lipinski definition) is 2. The number of halogens is 1. The fourth-order valence-electron chi connectivity index (χ4n) is 2.66. The second kappa shape index (κ2) is 10.0. The molecule has 0 heterocycles. The van der Waals surface area contributed by atoms with Crippen LogP contribution in [0.3, 0.4) is 0 Å². The Hall–Kier alpha value is -2.16. The summed E-state index contributed by atoms with van der Waals surface area (Å²) in [7, 11) is -3.24. The molecule has 2 rings (SSSR count). The Labute approximate surface area is 181 Å². The van der Waals surface area contributed by atoms with Crippen molar-refractivity contribution in [3.8, 4) is 0 Å². The number of rotatable bonds is 7. The van der Waals surface area contributed by atoms with Crippen molar-refractivity contribution in [2.45, 2.75) is 31.2 Å². The van der Waals surface area contributed by atoms with Gasteiger partial charge in [-0.3, -0.25) is 0 Å². The van der Waals surface area contributed by atoms with Crippen LogP contribution in [-0.2, 0) is 14.6 Å². The predicted molar refractivity (Wildman–Crippen MR) is 119 cm³/mol. The summed E-state index contributed by atoms with van der Waals surface area (Å²) in [6, 6.07) is 11.5. The zero-order chi connectivity index (χ0) is 21.6. The van der Waals surface area contributed by atoms with Gasteiger partial charge in [-0.25, -0.2) is 13.2 Å². The molecule has 0 fully saturated rings. The number of sulfone groups is 1. The van der Waals surface area contributed by atoms with Gasteiger partial charge in [0.2, 0.25) is 0 Å². The lowest BCUT2D eigenvalue weighted by molar-refractivity contribution is 0.0526. The van der Waals surface area contributed by atoms with Gasteiger partial charge in [-0.05, 0) is 61.5 Å². The Kier molecular flexibility index (Phi) is 8.01. The average molecular weight is 455 g/mol. The molecule has 0 saturated carbocycles. The lowest BCUT2D eigenvalue weighted by Gasteiger charge is -2.20. The summed E-state index contributed by atoms with van der Waals surface area (Å²) in [6.45, 7) is 3.97. The largest absolute Gasteiger partial charge is 0.462 e. The number of esters is 1. The fraction of sp³-hybridized carbons (Fsp3) is 0.300. The van der Waals surface area contributed by atoms with E-state index in [9.17, 15) is 13.2 Å². The zero-order valence-electron chi connectivity index (χ0n) is 16.4. The van der Waals surface area contributed by atoms with Crippen molar-refractivity contribution in [3.63, 3.8) is 0 Å². The minimum Gasteiger partial charge on any atom is -0.462 e. The SMILES string of the molecule is CCOC(=O)c1cc(NC(=S)N[C@@H](CC)c2ccc(S(C)(=O)=O)cc2)ccc1Cl. The van der Waals surface area contributed by atoms with Crippen molar-refractivity contribution < 1.29 is 17.9 Å². The van der Waals surface area contributed by atoms with E-state index < -0.39 is 15.8 Å². The number of thiocarbonyl (C=S) groups is 1. The van der Waals surface area contributed by atoms with Crippen LogP contribution in [0.4, 0.5) is 5.69 Å². The van der Waals surface area contributed by atoms with Gasteiger partial charge >= 0.3 is 5.97 Å². The monoisotopic (exact) mass is 454 g/mol. The van der Waals surface area contributed by atoms with Crippen molar-refractivity contribution in [1.82, 2.24) is 5.32 Å². The van der Waals surface area contributed by atoms with Gasteiger partial charge in [-0.15, -0.1) is 0 Å². The minimum atomic E-state index is -3.24.